The summed E-state index contributed by atoms with van der Waals surface area (Å²) in [6.07, 6.45) is 9.04. The Bertz CT molecular complexity index is 505. The van der Waals surface area contributed by atoms with Crippen molar-refractivity contribution in [1.82, 2.24) is 15.1 Å². The molecule has 0 aliphatic carbocycles. The van der Waals surface area contributed by atoms with Crippen molar-refractivity contribution in [1.29, 1.82) is 0 Å². The number of unbranched alkanes of at least 4 members (excludes halogenated alkanes) is 1. The van der Waals surface area contributed by atoms with Crippen molar-refractivity contribution in [3.05, 3.63) is 48.3 Å². The largest absolute Gasteiger partial charge is 0.312 e. The van der Waals surface area contributed by atoms with Gasteiger partial charge in [0.15, 0.2) is 0 Å². The molecule has 1 unspecified atom stereocenters. The zero-order valence-electron chi connectivity index (χ0n) is 13.3. The van der Waals surface area contributed by atoms with Crippen molar-refractivity contribution in [2.24, 2.45) is 5.92 Å². The standard InChI is InChI=1S/C18H27N3/c1-3-5-9-16(4-2)14-19-15-17-10-6-7-11-18(17)21-13-8-12-20-21/h6-8,10-13,16,19H,3-5,9,14-15H2,1-2H3. The quantitative estimate of drug-likeness (QED) is 0.749. The lowest BCUT2D eigenvalue weighted by Gasteiger charge is -2.16. The lowest BCUT2D eigenvalue weighted by atomic mass is 9.99. The topological polar surface area (TPSA) is 29.9 Å². The Labute approximate surface area is 128 Å². The fourth-order valence-electron chi connectivity index (χ4n) is 2.65. The van der Waals surface area contributed by atoms with Crippen LogP contribution in [0.4, 0.5) is 0 Å². The molecule has 2 rings (SSSR count). The van der Waals surface area contributed by atoms with Crippen LogP contribution in [0.15, 0.2) is 42.7 Å². The highest BCUT2D eigenvalue weighted by Crippen LogP contribution is 2.15. The van der Waals surface area contributed by atoms with Crippen molar-refractivity contribution >= 4 is 0 Å². The summed E-state index contributed by atoms with van der Waals surface area (Å²) >= 11 is 0. The van der Waals surface area contributed by atoms with E-state index in [4.69, 9.17) is 0 Å². The zero-order chi connectivity index (χ0) is 14.9. The molecule has 3 nitrogen and oxygen atoms in total. The van der Waals surface area contributed by atoms with Crippen LogP contribution in [0, 0.1) is 5.92 Å². The number of hydrogen-bond acceptors (Lipinski definition) is 2. The Kier molecular flexibility index (Phi) is 6.48. The van der Waals surface area contributed by atoms with E-state index >= 15 is 0 Å². The van der Waals surface area contributed by atoms with Crippen LogP contribution in [-0.2, 0) is 6.54 Å². The van der Waals surface area contributed by atoms with Gasteiger partial charge in [-0.05, 0) is 36.6 Å². The summed E-state index contributed by atoms with van der Waals surface area (Å²) in [7, 11) is 0. The van der Waals surface area contributed by atoms with Crippen LogP contribution in [0.25, 0.3) is 5.69 Å². The second-order valence-corrected chi connectivity index (χ2v) is 5.63. The summed E-state index contributed by atoms with van der Waals surface area (Å²) in [5.41, 5.74) is 2.46. The molecule has 0 aliphatic rings. The second kappa shape index (κ2) is 8.63. The molecule has 0 radical (unpaired) electrons. The Morgan fingerprint density at radius 2 is 2.05 bits per heavy atom. The van der Waals surface area contributed by atoms with Crippen molar-refractivity contribution in [3.63, 3.8) is 0 Å². The van der Waals surface area contributed by atoms with Gasteiger partial charge in [0, 0.05) is 18.9 Å². The third-order valence-corrected chi connectivity index (χ3v) is 4.03. The zero-order valence-corrected chi connectivity index (χ0v) is 13.3. The minimum atomic E-state index is 0.793. The first-order valence-corrected chi connectivity index (χ1v) is 8.13. The van der Waals surface area contributed by atoms with Gasteiger partial charge in [-0.1, -0.05) is 51.3 Å². The van der Waals surface area contributed by atoms with Crippen LogP contribution < -0.4 is 5.32 Å². The minimum Gasteiger partial charge on any atom is -0.312 e. The number of nitrogens with zero attached hydrogens (tertiary/aromatic N) is 2. The average molecular weight is 285 g/mol. The molecule has 21 heavy (non-hydrogen) atoms. The molecule has 0 fully saturated rings. The van der Waals surface area contributed by atoms with Gasteiger partial charge in [-0.2, -0.15) is 5.10 Å². The first-order valence-electron chi connectivity index (χ1n) is 8.13. The van der Waals surface area contributed by atoms with Gasteiger partial charge < -0.3 is 5.32 Å². The van der Waals surface area contributed by atoms with Gasteiger partial charge in [-0.3, -0.25) is 0 Å². The van der Waals surface area contributed by atoms with E-state index in [1.807, 2.05) is 23.1 Å². The van der Waals surface area contributed by atoms with Crippen molar-refractivity contribution in [2.75, 3.05) is 6.54 Å². The molecule has 0 bridgehead atoms. The molecule has 114 valence electrons. The normalized spacial score (nSPS) is 12.5. The molecule has 0 saturated heterocycles. The van der Waals surface area contributed by atoms with E-state index in [-0.39, 0.29) is 0 Å². The SMILES string of the molecule is CCCCC(CC)CNCc1ccccc1-n1cccn1. The number of para-hydroxylation sites is 1. The highest BCUT2D eigenvalue weighted by atomic mass is 15.3. The minimum absolute atomic E-state index is 0.793. The lowest BCUT2D eigenvalue weighted by Crippen LogP contribution is -2.23. The van der Waals surface area contributed by atoms with Crippen LogP contribution in [0.5, 0.6) is 0 Å². The van der Waals surface area contributed by atoms with E-state index in [1.54, 1.807) is 0 Å². The van der Waals surface area contributed by atoms with Crippen molar-refractivity contribution in [3.8, 4) is 5.69 Å². The highest BCUT2D eigenvalue weighted by Gasteiger charge is 2.07. The van der Waals surface area contributed by atoms with Crippen LogP contribution >= 0.6 is 0 Å². The molecule has 0 spiro atoms. The monoisotopic (exact) mass is 285 g/mol. The summed E-state index contributed by atoms with van der Waals surface area (Å²) in [5.74, 6) is 0.793. The molecule has 2 aromatic rings. The average Bonchev–Trinajstić information content (AvgIpc) is 3.05. The molecule has 1 atom stereocenters. The maximum atomic E-state index is 4.34. The fourth-order valence-corrected chi connectivity index (χ4v) is 2.65. The lowest BCUT2D eigenvalue weighted by molar-refractivity contribution is 0.419. The van der Waals surface area contributed by atoms with Crippen molar-refractivity contribution < 1.29 is 0 Å². The third-order valence-electron chi connectivity index (χ3n) is 4.03. The molecular formula is C18H27N3. The van der Waals surface area contributed by atoms with Crippen LogP contribution in [0.1, 0.15) is 45.1 Å². The number of benzene rings is 1. The van der Waals surface area contributed by atoms with Gasteiger partial charge in [0.2, 0.25) is 0 Å². The summed E-state index contributed by atoms with van der Waals surface area (Å²) < 4.78 is 1.94. The Morgan fingerprint density at radius 1 is 1.19 bits per heavy atom. The van der Waals surface area contributed by atoms with Gasteiger partial charge in [0.25, 0.3) is 0 Å². The maximum absolute atomic E-state index is 4.34. The maximum Gasteiger partial charge on any atom is 0.0690 e. The molecular weight excluding hydrogens is 258 g/mol. The number of nitrogens with one attached hydrogen (secondary N) is 1. The van der Waals surface area contributed by atoms with Gasteiger partial charge in [-0.25, -0.2) is 4.68 Å². The van der Waals surface area contributed by atoms with E-state index < -0.39 is 0 Å². The summed E-state index contributed by atoms with van der Waals surface area (Å²) in [6, 6.07) is 10.4. The van der Waals surface area contributed by atoms with Gasteiger partial charge in [-0.15, -0.1) is 0 Å². The van der Waals surface area contributed by atoms with E-state index in [0.29, 0.717) is 0 Å². The summed E-state index contributed by atoms with van der Waals surface area (Å²) in [4.78, 5) is 0. The number of rotatable bonds is 9. The first kappa shape index (κ1) is 15.8. The highest BCUT2D eigenvalue weighted by molar-refractivity contribution is 5.40. The Hall–Kier alpha value is -1.61. The molecule has 1 aromatic heterocycles. The molecule has 1 aromatic carbocycles. The van der Waals surface area contributed by atoms with Crippen molar-refractivity contribution in [2.45, 2.75) is 46.1 Å². The summed E-state index contributed by atoms with van der Waals surface area (Å²) in [5, 5.41) is 7.96. The fraction of sp³-hybridized carbons (Fsp3) is 0.500. The first-order chi connectivity index (χ1) is 10.3. The van der Waals surface area contributed by atoms with Gasteiger partial charge in [0.05, 0.1) is 5.69 Å². The second-order valence-electron chi connectivity index (χ2n) is 5.63. The molecule has 0 amide bonds. The molecule has 0 aliphatic heterocycles. The van der Waals surface area contributed by atoms with Crippen LogP contribution in [-0.4, -0.2) is 16.3 Å². The molecule has 1 N–H and O–H groups in total. The van der Waals surface area contributed by atoms with Gasteiger partial charge in [0.1, 0.15) is 0 Å². The van der Waals surface area contributed by atoms with Crippen LogP contribution in [0.2, 0.25) is 0 Å². The smallest absolute Gasteiger partial charge is 0.0690 e. The third kappa shape index (κ3) is 4.71. The predicted octanol–water partition coefficient (Wildman–Crippen LogP) is 4.18. The Morgan fingerprint density at radius 3 is 2.76 bits per heavy atom. The van der Waals surface area contributed by atoms with E-state index in [2.05, 4.69) is 48.5 Å². The predicted molar refractivity (Wildman–Crippen MR) is 88.6 cm³/mol. The molecule has 1 heterocycles. The number of hydrogen-bond donors (Lipinski definition) is 1. The number of aromatic nitrogens is 2. The molecule has 0 saturated carbocycles. The van der Waals surface area contributed by atoms with E-state index in [9.17, 15) is 0 Å². The van der Waals surface area contributed by atoms with Crippen LogP contribution in [0.3, 0.4) is 0 Å². The van der Waals surface area contributed by atoms with Gasteiger partial charge >= 0.3 is 0 Å². The molecule has 3 heteroatoms. The Balaban J connectivity index is 1.91. The van der Waals surface area contributed by atoms with E-state index in [1.165, 1.54) is 31.2 Å². The summed E-state index contributed by atoms with van der Waals surface area (Å²) in [6.45, 7) is 6.56. The van der Waals surface area contributed by atoms with E-state index in [0.717, 1.165) is 24.7 Å².